The molecule has 2 aromatic rings. The first-order valence-corrected chi connectivity index (χ1v) is 6.29. The van der Waals surface area contributed by atoms with Crippen molar-refractivity contribution in [2.24, 2.45) is 0 Å². The van der Waals surface area contributed by atoms with Gasteiger partial charge in [0.2, 0.25) is 5.95 Å². The fourth-order valence-electron chi connectivity index (χ4n) is 1.11. The highest BCUT2D eigenvalue weighted by molar-refractivity contribution is 9.10. The van der Waals surface area contributed by atoms with E-state index >= 15 is 0 Å². The van der Waals surface area contributed by atoms with Crippen LogP contribution in [0.5, 0.6) is 0 Å². The molecule has 0 atom stereocenters. The molecular formula is C9H10BrN5S. The normalized spacial score (nSPS) is 10.1. The van der Waals surface area contributed by atoms with Crippen LogP contribution in [-0.4, -0.2) is 22.0 Å². The van der Waals surface area contributed by atoms with Gasteiger partial charge in [0.05, 0.1) is 11.0 Å². The van der Waals surface area contributed by atoms with Crippen molar-refractivity contribution in [3.05, 3.63) is 27.3 Å². The molecule has 2 rings (SSSR count). The predicted octanol–water partition coefficient (Wildman–Crippen LogP) is 2.35. The third kappa shape index (κ3) is 2.67. The minimum atomic E-state index is 0.588. The van der Waals surface area contributed by atoms with Gasteiger partial charge in [-0.1, -0.05) is 0 Å². The maximum Gasteiger partial charge on any atom is 0.224 e. The molecule has 5 nitrogen and oxygen atoms in total. The van der Waals surface area contributed by atoms with Crippen LogP contribution in [-0.2, 0) is 6.54 Å². The first-order valence-electron chi connectivity index (χ1n) is 4.62. The molecule has 84 valence electrons. The largest absolute Gasteiger partial charge is 0.362 e. The number of anilines is 2. The molecule has 0 unspecified atom stereocenters. The molecule has 0 aliphatic carbocycles. The van der Waals surface area contributed by atoms with Crippen LogP contribution >= 0.6 is 27.3 Å². The summed E-state index contributed by atoms with van der Waals surface area (Å²) in [6.07, 6.45) is 3.50. The Kier molecular flexibility index (Phi) is 3.68. The molecule has 2 aromatic heterocycles. The molecule has 0 fully saturated rings. The van der Waals surface area contributed by atoms with Crippen molar-refractivity contribution < 1.29 is 0 Å². The molecule has 0 aromatic carbocycles. The molecule has 7 heteroatoms. The van der Waals surface area contributed by atoms with Gasteiger partial charge in [-0.25, -0.2) is 9.97 Å². The van der Waals surface area contributed by atoms with Gasteiger partial charge in [0.1, 0.15) is 10.8 Å². The maximum atomic E-state index is 4.29. The van der Waals surface area contributed by atoms with E-state index in [0.717, 1.165) is 15.3 Å². The minimum absolute atomic E-state index is 0.588. The second kappa shape index (κ2) is 5.22. The van der Waals surface area contributed by atoms with Crippen LogP contribution in [0, 0.1) is 0 Å². The van der Waals surface area contributed by atoms with Gasteiger partial charge in [-0.15, -0.1) is 11.3 Å². The number of rotatable bonds is 4. The van der Waals surface area contributed by atoms with E-state index in [-0.39, 0.29) is 0 Å². The Morgan fingerprint density at radius 3 is 3.00 bits per heavy atom. The SMILES string of the molecule is CNc1ncc(Br)c(NCc2nccs2)n1. The van der Waals surface area contributed by atoms with E-state index in [9.17, 15) is 0 Å². The van der Waals surface area contributed by atoms with Crippen molar-refractivity contribution >= 4 is 39.0 Å². The van der Waals surface area contributed by atoms with Crippen molar-refractivity contribution in [2.75, 3.05) is 17.7 Å². The van der Waals surface area contributed by atoms with Crippen molar-refractivity contribution in [1.29, 1.82) is 0 Å². The zero-order chi connectivity index (χ0) is 11.4. The lowest BCUT2D eigenvalue weighted by Gasteiger charge is -2.07. The van der Waals surface area contributed by atoms with Crippen LogP contribution in [0.2, 0.25) is 0 Å². The first kappa shape index (κ1) is 11.3. The first-order chi connectivity index (χ1) is 7.79. The summed E-state index contributed by atoms with van der Waals surface area (Å²) in [6, 6.07) is 0. The van der Waals surface area contributed by atoms with Crippen molar-refractivity contribution in [3.8, 4) is 0 Å². The third-order valence-corrected chi connectivity index (χ3v) is 3.22. The van der Waals surface area contributed by atoms with Gasteiger partial charge in [0.25, 0.3) is 0 Å². The van der Waals surface area contributed by atoms with E-state index < -0.39 is 0 Å². The summed E-state index contributed by atoms with van der Waals surface area (Å²) in [4.78, 5) is 12.6. The molecule has 16 heavy (non-hydrogen) atoms. The highest BCUT2D eigenvalue weighted by Gasteiger charge is 2.04. The quantitative estimate of drug-likeness (QED) is 0.907. The Bertz CT molecular complexity index is 459. The van der Waals surface area contributed by atoms with Crippen LogP contribution in [0.25, 0.3) is 0 Å². The molecule has 2 N–H and O–H groups in total. The third-order valence-electron chi connectivity index (χ3n) is 1.86. The van der Waals surface area contributed by atoms with E-state index in [4.69, 9.17) is 0 Å². The summed E-state index contributed by atoms with van der Waals surface area (Å²) in [5, 5.41) is 9.07. The summed E-state index contributed by atoms with van der Waals surface area (Å²) >= 11 is 5.00. The maximum absolute atomic E-state index is 4.29. The predicted molar refractivity (Wildman–Crippen MR) is 68.7 cm³/mol. The number of aromatic nitrogens is 3. The highest BCUT2D eigenvalue weighted by Crippen LogP contribution is 2.20. The number of nitrogens with one attached hydrogen (secondary N) is 2. The number of thiazole rings is 1. The topological polar surface area (TPSA) is 62.7 Å². The number of hydrogen-bond acceptors (Lipinski definition) is 6. The number of halogens is 1. The molecule has 0 amide bonds. The molecular weight excluding hydrogens is 290 g/mol. The number of nitrogens with zero attached hydrogens (tertiary/aromatic N) is 3. The van der Waals surface area contributed by atoms with Crippen LogP contribution in [0.3, 0.4) is 0 Å². The van der Waals surface area contributed by atoms with Crippen LogP contribution in [0.1, 0.15) is 5.01 Å². The second-order valence-corrected chi connectivity index (χ2v) is 4.75. The van der Waals surface area contributed by atoms with Gasteiger partial charge < -0.3 is 10.6 Å². The van der Waals surface area contributed by atoms with E-state index in [0.29, 0.717) is 12.5 Å². The summed E-state index contributed by atoms with van der Waals surface area (Å²) in [6.45, 7) is 0.663. The Morgan fingerprint density at radius 1 is 1.44 bits per heavy atom. The minimum Gasteiger partial charge on any atom is -0.362 e. The fraction of sp³-hybridized carbons (Fsp3) is 0.222. The van der Waals surface area contributed by atoms with Crippen molar-refractivity contribution in [3.63, 3.8) is 0 Å². The van der Waals surface area contributed by atoms with Gasteiger partial charge in [-0.2, -0.15) is 4.98 Å². The van der Waals surface area contributed by atoms with Crippen molar-refractivity contribution in [1.82, 2.24) is 15.0 Å². The molecule has 2 heterocycles. The fourth-order valence-corrected chi connectivity index (χ4v) is 2.00. The summed E-state index contributed by atoms with van der Waals surface area (Å²) in [5.41, 5.74) is 0. The zero-order valence-corrected chi connectivity index (χ0v) is 11.0. The van der Waals surface area contributed by atoms with Crippen LogP contribution < -0.4 is 10.6 Å². The van der Waals surface area contributed by atoms with Gasteiger partial charge in [0.15, 0.2) is 0 Å². The lowest BCUT2D eigenvalue weighted by molar-refractivity contribution is 1.05. The average Bonchev–Trinajstić information content (AvgIpc) is 2.81. The molecule has 0 saturated carbocycles. The summed E-state index contributed by atoms with van der Waals surface area (Å²) in [5.74, 6) is 1.35. The van der Waals surface area contributed by atoms with Crippen molar-refractivity contribution in [2.45, 2.75) is 6.54 Å². The Hall–Kier alpha value is -1.21. The highest BCUT2D eigenvalue weighted by atomic mass is 79.9. The van der Waals surface area contributed by atoms with Gasteiger partial charge in [-0.05, 0) is 15.9 Å². The van der Waals surface area contributed by atoms with E-state index in [1.54, 1.807) is 30.8 Å². The summed E-state index contributed by atoms with van der Waals surface area (Å²) < 4.78 is 0.836. The van der Waals surface area contributed by atoms with Gasteiger partial charge in [0, 0.05) is 24.8 Å². The van der Waals surface area contributed by atoms with Crippen LogP contribution in [0.4, 0.5) is 11.8 Å². The second-order valence-electron chi connectivity index (χ2n) is 2.92. The van der Waals surface area contributed by atoms with Gasteiger partial charge in [-0.3, -0.25) is 0 Å². The molecule has 0 aliphatic heterocycles. The zero-order valence-electron chi connectivity index (χ0n) is 8.57. The van der Waals surface area contributed by atoms with E-state index in [1.807, 2.05) is 5.38 Å². The van der Waals surface area contributed by atoms with Gasteiger partial charge >= 0.3 is 0 Å². The lowest BCUT2D eigenvalue weighted by Crippen LogP contribution is -2.04. The smallest absolute Gasteiger partial charge is 0.224 e. The molecule has 0 bridgehead atoms. The Labute approximate surface area is 105 Å². The number of hydrogen-bond donors (Lipinski definition) is 2. The van der Waals surface area contributed by atoms with E-state index in [1.165, 1.54) is 0 Å². The molecule has 0 saturated heterocycles. The molecule has 0 aliphatic rings. The molecule has 0 radical (unpaired) electrons. The summed E-state index contributed by atoms with van der Waals surface area (Å²) in [7, 11) is 1.79. The standard InChI is InChI=1S/C9H10BrN5S/c1-11-9-14-4-6(10)8(15-9)13-5-7-12-2-3-16-7/h2-4H,5H2,1H3,(H2,11,13,14,15). The van der Waals surface area contributed by atoms with Crippen LogP contribution in [0.15, 0.2) is 22.2 Å². The molecule has 0 spiro atoms. The monoisotopic (exact) mass is 299 g/mol. The lowest BCUT2D eigenvalue weighted by atomic mass is 10.5. The Balaban J connectivity index is 2.08. The average molecular weight is 300 g/mol. The Morgan fingerprint density at radius 2 is 2.31 bits per heavy atom. The van der Waals surface area contributed by atoms with E-state index in [2.05, 4.69) is 41.5 Å².